The van der Waals surface area contributed by atoms with Gasteiger partial charge in [-0.2, -0.15) is 0 Å². The second kappa shape index (κ2) is 5.73. The third-order valence-corrected chi connectivity index (χ3v) is 3.47. The Kier molecular flexibility index (Phi) is 3.79. The molecule has 110 valence electrons. The van der Waals surface area contributed by atoms with Crippen LogP contribution in [0.25, 0.3) is 0 Å². The average molecular weight is 284 g/mol. The van der Waals surface area contributed by atoms with Gasteiger partial charge in [0.25, 0.3) is 0 Å². The van der Waals surface area contributed by atoms with Crippen molar-refractivity contribution in [3.8, 4) is 0 Å². The summed E-state index contributed by atoms with van der Waals surface area (Å²) in [6.07, 6.45) is 2.26. The van der Waals surface area contributed by atoms with E-state index in [0.717, 1.165) is 41.7 Å². The van der Waals surface area contributed by atoms with Crippen LogP contribution in [0, 0.1) is 20.8 Å². The van der Waals surface area contributed by atoms with Crippen molar-refractivity contribution in [3.63, 3.8) is 0 Å². The van der Waals surface area contributed by atoms with Gasteiger partial charge in [0, 0.05) is 23.1 Å². The maximum atomic E-state index is 4.61. The van der Waals surface area contributed by atoms with Crippen LogP contribution in [0.1, 0.15) is 41.8 Å². The summed E-state index contributed by atoms with van der Waals surface area (Å²) in [7, 11) is 0. The van der Waals surface area contributed by atoms with Crippen LogP contribution in [0.2, 0.25) is 0 Å². The molecule has 6 nitrogen and oxygen atoms in total. The van der Waals surface area contributed by atoms with Gasteiger partial charge in [0.05, 0.1) is 6.04 Å². The first-order valence-electron chi connectivity index (χ1n) is 7.28. The minimum atomic E-state index is 0.255. The largest absolute Gasteiger partial charge is 0.309 e. The maximum absolute atomic E-state index is 4.61. The molecule has 1 saturated heterocycles. The molecule has 1 fully saturated rings. The fraction of sp³-hybridized carbons (Fsp3) is 0.467. The lowest BCUT2D eigenvalue weighted by molar-refractivity contribution is 0.603. The Labute approximate surface area is 124 Å². The molecular weight excluding hydrogens is 264 g/mol. The Bertz CT molecular complexity index is 628. The highest BCUT2D eigenvalue weighted by molar-refractivity contribution is 5.48. The molecule has 0 bridgehead atoms. The van der Waals surface area contributed by atoms with Crippen molar-refractivity contribution in [2.75, 3.05) is 11.9 Å². The third-order valence-electron chi connectivity index (χ3n) is 3.47. The van der Waals surface area contributed by atoms with Crippen molar-refractivity contribution >= 4 is 11.8 Å². The zero-order valence-corrected chi connectivity index (χ0v) is 12.6. The van der Waals surface area contributed by atoms with Crippen LogP contribution in [0.5, 0.6) is 0 Å². The molecule has 0 aliphatic carbocycles. The summed E-state index contributed by atoms with van der Waals surface area (Å²) in [5.74, 6) is 2.17. The molecule has 2 aromatic rings. The van der Waals surface area contributed by atoms with Crippen LogP contribution in [-0.4, -0.2) is 26.5 Å². The Hall–Kier alpha value is -2.08. The Balaban J connectivity index is 1.87. The lowest BCUT2D eigenvalue weighted by Crippen LogP contribution is -2.17. The van der Waals surface area contributed by atoms with Crippen molar-refractivity contribution in [1.29, 1.82) is 0 Å². The van der Waals surface area contributed by atoms with Crippen LogP contribution in [0.4, 0.5) is 11.8 Å². The molecule has 0 spiro atoms. The van der Waals surface area contributed by atoms with Crippen LogP contribution >= 0.6 is 0 Å². The quantitative estimate of drug-likeness (QED) is 0.901. The molecule has 3 heterocycles. The van der Waals surface area contributed by atoms with E-state index in [4.69, 9.17) is 0 Å². The SMILES string of the molecule is Cc1cc(C)nc(Nc2cc(C)nc([C@H]3CCCN3)n2)n1. The van der Waals surface area contributed by atoms with E-state index >= 15 is 0 Å². The minimum Gasteiger partial charge on any atom is -0.309 e. The normalized spacial score (nSPS) is 18.0. The van der Waals surface area contributed by atoms with Crippen LogP contribution in [0.3, 0.4) is 0 Å². The molecular formula is C15H20N6. The van der Waals surface area contributed by atoms with E-state index in [1.807, 2.05) is 32.9 Å². The van der Waals surface area contributed by atoms with Crippen molar-refractivity contribution in [3.05, 3.63) is 35.0 Å². The van der Waals surface area contributed by atoms with Gasteiger partial charge in [0.1, 0.15) is 11.6 Å². The predicted molar refractivity (Wildman–Crippen MR) is 81.5 cm³/mol. The van der Waals surface area contributed by atoms with E-state index in [1.54, 1.807) is 0 Å². The number of anilines is 2. The molecule has 2 aromatic heterocycles. The minimum absolute atomic E-state index is 0.255. The fourth-order valence-corrected chi connectivity index (χ4v) is 2.61. The summed E-state index contributed by atoms with van der Waals surface area (Å²) in [5, 5.41) is 6.61. The smallest absolute Gasteiger partial charge is 0.228 e. The first kappa shape index (κ1) is 13.9. The van der Waals surface area contributed by atoms with Gasteiger partial charge in [0.2, 0.25) is 5.95 Å². The lowest BCUT2D eigenvalue weighted by Gasteiger charge is -2.12. The zero-order valence-electron chi connectivity index (χ0n) is 12.6. The van der Waals surface area contributed by atoms with E-state index in [9.17, 15) is 0 Å². The van der Waals surface area contributed by atoms with Gasteiger partial charge in [0.15, 0.2) is 0 Å². The molecule has 0 aromatic carbocycles. The molecule has 6 heteroatoms. The topological polar surface area (TPSA) is 75.6 Å². The Morgan fingerprint density at radius 3 is 2.38 bits per heavy atom. The number of hydrogen-bond acceptors (Lipinski definition) is 6. The number of nitrogens with zero attached hydrogens (tertiary/aromatic N) is 4. The van der Waals surface area contributed by atoms with Crippen molar-refractivity contribution in [2.45, 2.75) is 39.7 Å². The van der Waals surface area contributed by atoms with Crippen molar-refractivity contribution < 1.29 is 0 Å². The second-order valence-corrected chi connectivity index (χ2v) is 5.50. The van der Waals surface area contributed by atoms with Crippen molar-refractivity contribution in [1.82, 2.24) is 25.3 Å². The summed E-state index contributed by atoms with van der Waals surface area (Å²) >= 11 is 0. The predicted octanol–water partition coefficient (Wildman–Crippen LogP) is 2.36. The highest BCUT2D eigenvalue weighted by Gasteiger charge is 2.19. The summed E-state index contributed by atoms with van der Waals surface area (Å²) in [6, 6.07) is 4.12. The van der Waals surface area contributed by atoms with E-state index in [1.165, 1.54) is 6.42 Å². The van der Waals surface area contributed by atoms with Gasteiger partial charge < -0.3 is 10.6 Å². The second-order valence-electron chi connectivity index (χ2n) is 5.50. The molecule has 0 radical (unpaired) electrons. The number of nitrogens with one attached hydrogen (secondary N) is 2. The van der Waals surface area contributed by atoms with Crippen LogP contribution in [0.15, 0.2) is 12.1 Å². The first-order chi connectivity index (χ1) is 10.1. The summed E-state index contributed by atoms with van der Waals surface area (Å²) in [6.45, 7) is 6.93. The van der Waals surface area contributed by atoms with Gasteiger partial charge in [-0.3, -0.25) is 0 Å². The summed E-state index contributed by atoms with van der Waals surface area (Å²) < 4.78 is 0. The Morgan fingerprint density at radius 1 is 1.00 bits per heavy atom. The molecule has 1 atom stereocenters. The molecule has 21 heavy (non-hydrogen) atoms. The molecule has 0 saturated carbocycles. The maximum Gasteiger partial charge on any atom is 0.228 e. The van der Waals surface area contributed by atoms with Gasteiger partial charge in [-0.15, -0.1) is 0 Å². The van der Waals surface area contributed by atoms with E-state index in [-0.39, 0.29) is 6.04 Å². The van der Waals surface area contributed by atoms with Gasteiger partial charge in [-0.25, -0.2) is 19.9 Å². The number of rotatable bonds is 3. The number of hydrogen-bond donors (Lipinski definition) is 2. The standard InChI is InChI=1S/C15H20N6/c1-9-7-10(2)19-15(18-9)21-13-8-11(3)17-14(20-13)12-5-4-6-16-12/h7-8,12,16H,4-6H2,1-3H3,(H,17,18,19,20,21)/t12-/m1/s1. The summed E-state index contributed by atoms with van der Waals surface area (Å²) in [5.41, 5.74) is 2.82. The highest BCUT2D eigenvalue weighted by Crippen LogP contribution is 2.22. The number of aromatic nitrogens is 4. The lowest BCUT2D eigenvalue weighted by atomic mass is 10.2. The fourth-order valence-electron chi connectivity index (χ4n) is 2.61. The zero-order chi connectivity index (χ0) is 14.8. The third kappa shape index (κ3) is 3.33. The van der Waals surface area contributed by atoms with Crippen LogP contribution < -0.4 is 10.6 Å². The average Bonchev–Trinajstić information content (AvgIpc) is 2.90. The van der Waals surface area contributed by atoms with Crippen molar-refractivity contribution in [2.24, 2.45) is 0 Å². The van der Waals surface area contributed by atoms with Gasteiger partial charge >= 0.3 is 0 Å². The van der Waals surface area contributed by atoms with E-state index in [0.29, 0.717) is 5.95 Å². The highest BCUT2D eigenvalue weighted by atomic mass is 15.2. The number of aryl methyl sites for hydroxylation is 3. The molecule has 2 N–H and O–H groups in total. The summed E-state index contributed by atoms with van der Waals surface area (Å²) in [4.78, 5) is 17.9. The molecule has 0 unspecified atom stereocenters. The van der Waals surface area contributed by atoms with E-state index in [2.05, 4.69) is 30.6 Å². The van der Waals surface area contributed by atoms with Gasteiger partial charge in [-0.05, 0) is 46.2 Å². The molecule has 1 aliphatic rings. The molecule has 3 rings (SSSR count). The first-order valence-corrected chi connectivity index (χ1v) is 7.28. The molecule has 1 aliphatic heterocycles. The van der Waals surface area contributed by atoms with Crippen LogP contribution in [-0.2, 0) is 0 Å². The van der Waals surface area contributed by atoms with Gasteiger partial charge in [-0.1, -0.05) is 0 Å². The monoisotopic (exact) mass is 284 g/mol. The van der Waals surface area contributed by atoms with E-state index < -0.39 is 0 Å². The molecule has 0 amide bonds. The Morgan fingerprint density at radius 2 is 1.71 bits per heavy atom.